The molecule has 0 spiro atoms. The summed E-state index contributed by atoms with van der Waals surface area (Å²) in [6, 6.07) is 2.24. The van der Waals surface area contributed by atoms with Gasteiger partial charge < -0.3 is 0 Å². The fraction of sp³-hybridized carbons (Fsp3) is 0.462. The highest BCUT2D eigenvalue weighted by molar-refractivity contribution is 7.17. The molecule has 2 aromatic rings. The van der Waals surface area contributed by atoms with Gasteiger partial charge in [-0.25, -0.2) is 4.57 Å². The first kappa shape index (κ1) is 10.6. The van der Waals surface area contributed by atoms with E-state index in [-0.39, 0.29) is 0 Å². The van der Waals surface area contributed by atoms with Crippen molar-refractivity contribution in [2.24, 2.45) is 7.05 Å². The van der Waals surface area contributed by atoms with Gasteiger partial charge in [0.25, 0.3) is 0 Å². The zero-order chi connectivity index (χ0) is 11.2. The van der Waals surface area contributed by atoms with Crippen molar-refractivity contribution < 1.29 is 4.57 Å². The standard InChI is InChI=1S/C13H18NS/c1-8(2)12-13-11(6-7-15-13)9(3)10(4)14(12)5/h6-8H,1-5H3/q+1. The Labute approximate surface area is 95.4 Å². The Bertz CT molecular complexity index is 509. The number of pyridine rings is 1. The van der Waals surface area contributed by atoms with Crippen molar-refractivity contribution in [1.29, 1.82) is 0 Å². The molecule has 15 heavy (non-hydrogen) atoms. The molecule has 0 atom stereocenters. The van der Waals surface area contributed by atoms with Crippen LogP contribution in [0.25, 0.3) is 10.1 Å². The summed E-state index contributed by atoms with van der Waals surface area (Å²) in [5, 5.41) is 3.63. The van der Waals surface area contributed by atoms with E-state index in [0.29, 0.717) is 5.92 Å². The number of hydrogen-bond donors (Lipinski definition) is 0. The maximum Gasteiger partial charge on any atom is 0.201 e. The molecule has 0 N–H and O–H groups in total. The van der Waals surface area contributed by atoms with Crippen molar-refractivity contribution in [3.05, 3.63) is 28.4 Å². The second-order valence-electron chi connectivity index (χ2n) is 4.47. The fourth-order valence-electron chi connectivity index (χ4n) is 2.23. The van der Waals surface area contributed by atoms with Crippen molar-refractivity contribution >= 4 is 21.4 Å². The summed E-state index contributed by atoms with van der Waals surface area (Å²) in [5.74, 6) is 0.579. The molecule has 0 aliphatic rings. The maximum absolute atomic E-state index is 2.35. The molecule has 2 heteroatoms. The number of aromatic nitrogens is 1. The van der Waals surface area contributed by atoms with E-state index in [1.165, 1.54) is 27.0 Å². The van der Waals surface area contributed by atoms with Crippen LogP contribution in [-0.2, 0) is 7.05 Å². The van der Waals surface area contributed by atoms with Crippen LogP contribution in [0.4, 0.5) is 0 Å². The number of thiophene rings is 1. The summed E-state index contributed by atoms with van der Waals surface area (Å²) < 4.78 is 3.80. The molecule has 2 heterocycles. The van der Waals surface area contributed by atoms with Gasteiger partial charge in [-0.2, -0.15) is 0 Å². The monoisotopic (exact) mass is 220 g/mol. The lowest BCUT2D eigenvalue weighted by Gasteiger charge is -2.09. The van der Waals surface area contributed by atoms with E-state index in [0.717, 1.165) is 0 Å². The Morgan fingerprint density at radius 3 is 2.53 bits per heavy atom. The second kappa shape index (κ2) is 3.60. The predicted molar refractivity (Wildman–Crippen MR) is 66.6 cm³/mol. The van der Waals surface area contributed by atoms with Gasteiger partial charge in [0.1, 0.15) is 11.7 Å². The zero-order valence-electron chi connectivity index (χ0n) is 10.1. The van der Waals surface area contributed by atoms with E-state index in [1.807, 2.05) is 11.3 Å². The summed E-state index contributed by atoms with van der Waals surface area (Å²) >= 11 is 1.86. The summed E-state index contributed by atoms with van der Waals surface area (Å²) in [5.41, 5.74) is 4.26. The van der Waals surface area contributed by atoms with E-state index >= 15 is 0 Å². The van der Waals surface area contributed by atoms with Crippen LogP contribution in [0.3, 0.4) is 0 Å². The average Bonchev–Trinajstić information content (AvgIpc) is 2.62. The zero-order valence-corrected chi connectivity index (χ0v) is 10.9. The minimum atomic E-state index is 0.579. The van der Waals surface area contributed by atoms with Crippen LogP contribution in [0.1, 0.15) is 36.7 Å². The quantitative estimate of drug-likeness (QED) is 0.648. The Morgan fingerprint density at radius 1 is 1.27 bits per heavy atom. The van der Waals surface area contributed by atoms with Crippen molar-refractivity contribution in [3.63, 3.8) is 0 Å². The van der Waals surface area contributed by atoms with Crippen LogP contribution in [-0.4, -0.2) is 0 Å². The van der Waals surface area contributed by atoms with Gasteiger partial charge in [0.15, 0.2) is 5.69 Å². The van der Waals surface area contributed by atoms with Gasteiger partial charge in [0.05, 0.1) is 0 Å². The molecule has 0 aliphatic heterocycles. The van der Waals surface area contributed by atoms with Crippen molar-refractivity contribution in [2.75, 3.05) is 0 Å². The van der Waals surface area contributed by atoms with Gasteiger partial charge in [-0.1, -0.05) is 13.8 Å². The van der Waals surface area contributed by atoms with Crippen LogP contribution in [0.5, 0.6) is 0 Å². The molecular weight excluding hydrogens is 202 g/mol. The summed E-state index contributed by atoms with van der Waals surface area (Å²) in [6.45, 7) is 8.96. The highest BCUT2D eigenvalue weighted by Crippen LogP contribution is 2.30. The number of nitrogens with zero attached hydrogens (tertiary/aromatic N) is 1. The van der Waals surface area contributed by atoms with Gasteiger partial charge in [0, 0.05) is 23.8 Å². The van der Waals surface area contributed by atoms with Crippen LogP contribution < -0.4 is 4.57 Å². The molecule has 0 bridgehead atoms. The molecule has 1 nitrogen and oxygen atoms in total. The topological polar surface area (TPSA) is 3.88 Å². The van der Waals surface area contributed by atoms with Gasteiger partial charge >= 0.3 is 0 Å². The Hall–Kier alpha value is -0.890. The first-order chi connectivity index (χ1) is 7.04. The van der Waals surface area contributed by atoms with Gasteiger partial charge in [0.2, 0.25) is 5.69 Å². The SMILES string of the molecule is Cc1c(C)[n+](C)c(C(C)C)c2sccc12. The maximum atomic E-state index is 2.35. The summed E-state index contributed by atoms with van der Waals surface area (Å²) in [7, 11) is 2.18. The Kier molecular flexibility index (Phi) is 2.55. The van der Waals surface area contributed by atoms with Crippen molar-refractivity contribution in [2.45, 2.75) is 33.6 Å². The third-order valence-corrected chi connectivity index (χ3v) is 4.19. The minimum absolute atomic E-state index is 0.579. The van der Waals surface area contributed by atoms with Crippen molar-refractivity contribution in [3.8, 4) is 0 Å². The van der Waals surface area contributed by atoms with E-state index in [4.69, 9.17) is 0 Å². The first-order valence-corrected chi connectivity index (χ1v) is 6.28. The van der Waals surface area contributed by atoms with Gasteiger partial charge in [-0.05, 0) is 18.4 Å². The lowest BCUT2D eigenvalue weighted by Crippen LogP contribution is -2.38. The lowest BCUT2D eigenvalue weighted by atomic mass is 10.0. The Balaban J connectivity index is 2.94. The molecule has 0 radical (unpaired) electrons. The molecule has 0 saturated carbocycles. The molecule has 0 aliphatic carbocycles. The number of aryl methyl sites for hydroxylation is 1. The summed E-state index contributed by atoms with van der Waals surface area (Å²) in [6.07, 6.45) is 0. The highest BCUT2D eigenvalue weighted by atomic mass is 32.1. The summed E-state index contributed by atoms with van der Waals surface area (Å²) in [4.78, 5) is 0. The van der Waals surface area contributed by atoms with Crippen LogP contribution in [0, 0.1) is 13.8 Å². The average molecular weight is 220 g/mol. The lowest BCUT2D eigenvalue weighted by molar-refractivity contribution is -0.685. The smallest absolute Gasteiger partial charge is 0.201 e. The second-order valence-corrected chi connectivity index (χ2v) is 5.39. The predicted octanol–water partition coefficient (Wildman–Crippen LogP) is 3.47. The molecule has 0 saturated heterocycles. The van der Waals surface area contributed by atoms with E-state index in [9.17, 15) is 0 Å². The minimum Gasteiger partial charge on any atom is -0.201 e. The van der Waals surface area contributed by atoms with Crippen LogP contribution >= 0.6 is 11.3 Å². The molecular formula is C13H18NS+. The molecule has 2 rings (SSSR count). The first-order valence-electron chi connectivity index (χ1n) is 5.40. The third-order valence-electron chi connectivity index (χ3n) is 3.26. The molecule has 80 valence electrons. The normalized spacial score (nSPS) is 11.6. The number of fused-ring (bicyclic) bond motifs is 1. The highest BCUT2D eigenvalue weighted by Gasteiger charge is 2.22. The molecule has 0 fully saturated rings. The molecule has 0 amide bonds. The van der Waals surface area contributed by atoms with Crippen LogP contribution in [0.15, 0.2) is 11.4 Å². The van der Waals surface area contributed by atoms with Gasteiger partial charge in [-0.15, -0.1) is 11.3 Å². The largest absolute Gasteiger partial charge is 0.201 e. The van der Waals surface area contributed by atoms with Crippen LogP contribution in [0.2, 0.25) is 0 Å². The number of hydrogen-bond acceptors (Lipinski definition) is 1. The van der Waals surface area contributed by atoms with E-state index in [1.54, 1.807) is 0 Å². The third kappa shape index (κ3) is 1.48. The molecule has 2 aromatic heterocycles. The van der Waals surface area contributed by atoms with E-state index in [2.05, 4.69) is 50.8 Å². The molecule has 0 aromatic carbocycles. The number of rotatable bonds is 1. The van der Waals surface area contributed by atoms with Crippen molar-refractivity contribution in [1.82, 2.24) is 0 Å². The molecule has 0 unspecified atom stereocenters. The van der Waals surface area contributed by atoms with E-state index < -0.39 is 0 Å². The Morgan fingerprint density at radius 2 is 1.93 bits per heavy atom. The van der Waals surface area contributed by atoms with Gasteiger partial charge in [-0.3, -0.25) is 0 Å². The fourth-order valence-corrected chi connectivity index (χ4v) is 3.41.